The predicted molar refractivity (Wildman–Crippen MR) is 75.6 cm³/mol. The van der Waals surface area contributed by atoms with Crippen LogP contribution < -0.4 is 0 Å². The summed E-state index contributed by atoms with van der Waals surface area (Å²) in [6.07, 6.45) is 2.91. The van der Waals surface area contributed by atoms with E-state index in [1.165, 1.54) is 6.08 Å². The lowest BCUT2D eigenvalue weighted by molar-refractivity contribution is 0.104. The summed E-state index contributed by atoms with van der Waals surface area (Å²) in [6, 6.07) is 10.6. The molecular weight excluding hydrogens is 311 g/mol. The molecule has 0 atom stereocenters. The number of ketones is 1. The fourth-order valence-electron chi connectivity index (χ4n) is 1.54. The smallest absolute Gasteiger partial charge is 0.189 e. The number of aromatic hydroxyl groups is 1. The zero-order valence-corrected chi connectivity index (χ0v) is 11.4. The Morgan fingerprint density at radius 2 is 1.84 bits per heavy atom. The summed E-state index contributed by atoms with van der Waals surface area (Å²) in [6.45, 7) is 0. The first-order chi connectivity index (χ1) is 9.06. The zero-order chi connectivity index (χ0) is 13.8. The topological polar surface area (TPSA) is 37.3 Å². The quantitative estimate of drug-likeness (QED) is 0.680. The monoisotopic (exact) mass is 320 g/mol. The second-order valence-electron chi connectivity index (χ2n) is 3.91. The molecule has 1 N–H and O–H groups in total. The standard InChI is InChI=1S/C15H10BrFO2/c16-11-4-1-10(2-5-11)3-7-14(18)13-9-12(17)6-8-15(13)19/h1-9,19H. The molecule has 2 nitrogen and oxygen atoms in total. The summed E-state index contributed by atoms with van der Waals surface area (Å²) >= 11 is 3.31. The highest BCUT2D eigenvalue weighted by Crippen LogP contribution is 2.19. The third kappa shape index (κ3) is 3.51. The van der Waals surface area contributed by atoms with Crippen LogP contribution in [0.4, 0.5) is 4.39 Å². The third-order valence-corrected chi connectivity index (χ3v) is 3.05. The number of carbonyl (C=O) groups excluding carboxylic acids is 1. The number of halogens is 2. The molecule has 0 radical (unpaired) electrons. The highest BCUT2D eigenvalue weighted by atomic mass is 79.9. The molecule has 0 saturated heterocycles. The van der Waals surface area contributed by atoms with Gasteiger partial charge in [0.15, 0.2) is 5.78 Å². The lowest BCUT2D eigenvalue weighted by atomic mass is 10.1. The fraction of sp³-hybridized carbons (Fsp3) is 0. The van der Waals surface area contributed by atoms with E-state index in [0.29, 0.717) is 0 Å². The van der Waals surface area contributed by atoms with Crippen molar-refractivity contribution in [2.24, 2.45) is 0 Å². The Morgan fingerprint density at radius 3 is 2.53 bits per heavy atom. The van der Waals surface area contributed by atoms with Gasteiger partial charge in [0, 0.05) is 4.47 Å². The molecule has 0 fully saturated rings. The van der Waals surface area contributed by atoms with Crippen molar-refractivity contribution in [3.05, 3.63) is 70.0 Å². The number of hydrogen-bond donors (Lipinski definition) is 1. The van der Waals surface area contributed by atoms with Crippen molar-refractivity contribution in [1.29, 1.82) is 0 Å². The first kappa shape index (κ1) is 13.5. The molecule has 0 unspecified atom stereocenters. The van der Waals surface area contributed by atoms with Crippen molar-refractivity contribution in [2.45, 2.75) is 0 Å². The molecule has 0 aromatic heterocycles. The second kappa shape index (κ2) is 5.80. The van der Waals surface area contributed by atoms with Crippen molar-refractivity contribution in [2.75, 3.05) is 0 Å². The molecule has 0 aliphatic heterocycles. The maximum absolute atomic E-state index is 13.0. The third-order valence-electron chi connectivity index (χ3n) is 2.52. The molecule has 19 heavy (non-hydrogen) atoms. The van der Waals surface area contributed by atoms with E-state index in [1.54, 1.807) is 6.08 Å². The molecule has 0 heterocycles. The van der Waals surface area contributed by atoms with Gasteiger partial charge in [-0.05, 0) is 42.0 Å². The average Bonchev–Trinajstić information content (AvgIpc) is 2.40. The first-order valence-corrected chi connectivity index (χ1v) is 6.32. The molecule has 4 heteroatoms. The Bertz CT molecular complexity index is 633. The van der Waals surface area contributed by atoms with Gasteiger partial charge in [-0.3, -0.25) is 4.79 Å². The van der Waals surface area contributed by atoms with Gasteiger partial charge >= 0.3 is 0 Å². The average molecular weight is 321 g/mol. The predicted octanol–water partition coefficient (Wildman–Crippen LogP) is 4.19. The van der Waals surface area contributed by atoms with Crippen molar-refractivity contribution in [3.63, 3.8) is 0 Å². The molecule has 0 bridgehead atoms. The van der Waals surface area contributed by atoms with E-state index in [4.69, 9.17) is 0 Å². The number of carbonyl (C=O) groups is 1. The normalized spacial score (nSPS) is 10.8. The van der Waals surface area contributed by atoms with E-state index in [2.05, 4.69) is 15.9 Å². The van der Waals surface area contributed by atoms with Crippen LogP contribution in [0.2, 0.25) is 0 Å². The largest absolute Gasteiger partial charge is 0.507 e. The number of phenols is 1. The molecule has 96 valence electrons. The van der Waals surface area contributed by atoms with Crippen molar-refractivity contribution in [1.82, 2.24) is 0 Å². The van der Waals surface area contributed by atoms with Gasteiger partial charge in [-0.2, -0.15) is 0 Å². The lowest BCUT2D eigenvalue weighted by Gasteiger charge is -2.00. The van der Waals surface area contributed by atoms with Crippen LogP contribution >= 0.6 is 15.9 Å². The van der Waals surface area contributed by atoms with Crippen LogP contribution in [0.25, 0.3) is 6.08 Å². The Kier molecular flexibility index (Phi) is 4.12. The summed E-state index contributed by atoms with van der Waals surface area (Å²) in [4.78, 5) is 11.8. The molecule has 2 aromatic rings. The molecule has 0 aliphatic carbocycles. The summed E-state index contributed by atoms with van der Waals surface area (Å²) < 4.78 is 14.0. The summed E-state index contributed by atoms with van der Waals surface area (Å²) in [7, 11) is 0. The van der Waals surface area contributed by atoms with Crippen molar-refractivity contribution < 1.29 is 14.3 Å². The van der Waals surface area contributed by atoms with E-state index in [9.17, 15) is 14.3 Å². The minimum Gasteiger partial charge on any atom is -0.507 e. The Morgan fingerprint density at radius 1 is 1.16 bits per heavy atom. The van der Waals surface area contributed by atoms with Gasteiger partial charge in [0.05, 0.1) is 5.56 Å². The number of benzene rings is 2. The molecule has 0 saturated carbocycles. The van der Waals surface area contributed by atoms with E-state index >= 15 is 0 Å². The summed E-state index contributed by atoms with van der Waals surface area (Å²) in [5, 5.41) is 9.51. The molecule has 0 spiro atoms. The van der Waals surface area contributed by atoms with Gasteiger partial charge in [0.2, 0.25) is 0 Å². The second-order valence-corrected chi connectivity index (χ2v) is 4.83. The van der Waals surface area contributed by atoms with Gasteiger partial charge in [0.1, 0.15) is 11.6 Å². The summed E-state index contributed by atoms with van der Waals surface area (Å²) in [5.41, 5.74) is 0.792. The zero-order valence-electron chi connectivity index (χ0n) is 9.81. The van der Waals surface area contributed by atoms with Crippen LogP contribution in [0.5, 0.6) is 5.75 Å². The van der Waals surface area contributed by atoms with Crippen molar-refractivity contribution >= 4 is 27.8 Å². The first-order valence-electron chi connectivity index (χ1n) is 5.53. The van der Waals surface area contributed by atoms with Gasteiger partial charge in [0.25, 0.3) is 0 Å². The Balaban J connectivity index is 2.21. The highest BCUT2D eigenvalue weighted by Gasteiger charge is 2.09. The van der Waals surface area contributed by atoms with E-state index < -0.39 is 11.6 Å². The Hall–Kier alpha value is -1.94. The number of allylic oxidation sites excluding steroid dienone is 1. The van der Waals surface area contributed by atoms with Gasteiger partial charge < -0.3 is 5.11 Å². The van der Waals surface area contributed by atoms with Crippen LogP contribution in [-0.2, 0) is 0 Å². The van der Waals surface area contributed by atoms with Gasteiger partial charge in [-0.25, -0.2) is 4.39 Å². The fourth-order valence-corrected chi connectivity index (χ4v) is 1.81. The van der Waals surface area contributed by atoms with Crippen LogP contribution in [0, 0.1) is 5.82 Å². The number of phenolic OH excluding ortho intramolecular Hbond substituents is 1. The molecule has 0 aliphatic rings. The molecule has 0 amide bonds. The van der Waals surface area contributed by atoms with Crippen LogP contribution in [0.15, 0.2) is 53.0 Å². The van der Waals surface area contributed by atoms with E-state index in [0.717, 1.165) is 28.2 Å². The maximum Gasteiger partial charge on any atom is 0.189 e. The van der Waals surface area contributed by atoms with Crippen LogP contribution in [0.3, 0.4) is 0 Å². The van der Waals surface area contributed by atoms with Gasteiger partial charge in [-0.15, -0.1) is 0 Å². The number of rotatable bonds is 3. The molecule has 2 rings (SSSR count). The Labute approximate surface area is 118 Å². The van der Waals surface area contributed by atoms with Crippen molar-refractivity contribution in [3.8, 4) is 5.75 Å². The maximum atomic E-state index is 13.0. The number of hydrogen-bond acceptors (Lipinski definition) is 2. The molecule has 2 aromatic carbocycles. The van der Waals surface area contributed by atoms with Gasteiger partial charge in [-0.1, -0.05) is 34.1 Å². The van der Waals surface area contributed by atoms with E-state index in [1.807, 2.05) is 24.3 Å². The van der Waals surface area contributed by atoms with E-state index in [-0.39, 0.29) is 11.3 Å². The summed E-state index contributed by atoms with van der Waals surface area (Å²) in [5.74, 6) is -1.23. The minimum absolute atomic E-state index is 0.0478. The SMILES string of the molecule is O=C(C=Cc1ccc(Br)cc1)c1cc(F)ccc1O. The van der Waals surface area contributed by atoms with Crippen LogP contribution in [-0.4, -0.2) is 10.9 Å². The molecular formula is C15H10BrFO2. The minimum atomic E-state index is -0.557. The lowest BCUT2D eigenvalue weighted by Crippen LogP contribution is -1.95. The van der Waals surface area contributed by atoms with Crippen LogP contribution in [0.1, 0.15) is 15.9 Å². The highest BCUT2D eigenvalue weighted by molar-refractivity contribution is 9.10.